The summed E-state index contributed by atoms with van der Waals surface area (Å²) in [6.45, 7) is 7.70. The minimum atomic E-state index is -0.490. The molecule has 3 N–H and O–H groups in total. The fourth-order valence-corrected chi connectivity index (χ4v) is 3.38. The summed E-state index contributed by atoms with van der Waals surface area (Å²) in [4.78, 5) is 25.0. The van der Waals surface area contributed by atoms with Crippen molar-refractivity contribution in [2.75, 3.05) is 5.32 Å². The highest BCUT2D eigenvalue weighted by Crippen LogP contribution is 2.29. The summed E-state index contributed by atoms with van der Waals surface area (Å²) in [6.07, 6.45) is 0. The standard InChI is InChI=1S/C21H23N3O2/c1-12-9-13(2)11-16(10-12)23-20(25)18-15(4)22-21(26)24-19(18)17-8-6-5-7-14(17)3/h5-11,19H,1-4H3,(H,23,25)(H2,22,24,26)/t19-/m0/s1. The molecule has 1 heterocycles. The molecule has 3 amide bonds. The van der Waals surface area contributed by atoms with Crippen molar-refractivity contribution in [1.82, 2.24) is 10.6 Å². The van der Waals surface area contributed by atoms with Gasteiger partial charge in [-0.2, -0.15) is 0 Å². The van der Waals surface area contributed by atoms with Gasteiger partial charge in [0.1, 0.15) is 0 Å². The van der Waals surface area contributed by atoms with Crippen molar-refractivity contribution in [2.45, 2.75) is 33.7 Å². The summed E-state index contributed by atoms with van der Waals surface area (Å²) in [5.41, 5.74) is 5.90. The number of aryl methyl sites for hydroxylation is 3. The predicted molar refractivity (Wildman–Crippen MR) is 103 cm³/mol. The van der Waals surface area contributed by atoms with Crippen LogP contribution in [0.15, 0.2) is 53.7 Å². The molecular formula is C21H23N3O2. The molecule has 0 spiro atoms. The van der Waals surface area contributed by atoms with Crippen molar-refractivity contribution in [3.05, 3.63) is 76.0 Å². The molecule has 3 rings (SSSR count). The van der Waals surface area contributed by atoms with Crippen LogP contribution in [0.5, 0.6) is 0 Å². The Hall–Kier alpha value is -3.08. The SMILES string of the molecule is CC1=C(C(=O)Nc2cc(C)cc(C)c2)[C@H](c2ccccc2C)NC(=O)N1. The van der Waals surface area contributed by atoms with E-state index in [0.717, 1.165) is 27.9 Å². The Morgan fingerprint density at radius 3 is 2.31 bits per heavy atom. The smallest absolute Gasteiger partial charge is 0.319 e. The van der Waals surface area contributed by atoms with Crippen molar-refractivity contribution in [2.24, 2.45) is 0 Å². The quantitative estimate of drug-likeness (QED) is 0.787. The van der Waals surface area contributed by atoms with E-state index in [1.54, 1.807) is 6.92 Å². The van der Waals surface area contributed by atoms with Crippen LogP contribution in [0.2, 0.25) is 0 Å². The number of rotatable bonds is 3. The number of carbonyl (C=O) groups excluding carboxylic acids is 2. The summed E-state index contributed by atoms with van der Waals surface area (Å²) in [5, 5.41) is 8.55. The zero-order valence-corrected chi connectivity index (χ0v) is 15.4. The summed E-state index contributed by atoms with van der Waals surface area (Å²) >= 11 is 0. The Labute approximate surface area is 153 Å². The molecule has 0 saturated heterocycles. The molecule has 0 aromatic heterocycles. The Bertz CT molecular complexity index is 895. The molecule has 5 nitrogen and oxygen atoms in total. The van der Waals surface area contributed by atoms with Gasteiger partial charge in [-0.15, -0.1) is 0 Å². The van der Waals surface area contributed by atoms with E-state index in [9.17, 15) is 9.59 Å². The molecular weight excluding hydrogens is 326 g/mol. The zero-order chi connectivity index (χ0) is 18.8. The first kappa shape index (κ1) is 17.7. The van der Waals surface area contributed by atoms with Gasteiger partial charge >= 0.3 is 6.03 Å². The maximum absolute atomic E-state index is 13.0. The number of urea groups is 1. The molecule has 0 bridgehead atoms. The minimum absolute atomic E-state index is 0.228. The van der Waals surface area contributed by atoms with E-state index >= 15 is 0 Å². The summed E-state index contributed by atoms with van der Waals surface area (Å²) in [5.74, 6) is -0.228. The number of anilines is 1. The maximum Gasteiger partial charge on any atom is 0.319 e. The first-order valence-electron chi connectivity index (χ1n) is 8.58. The molecule has 5 heteroatoms. The lowest BCUT2D eigenvalue weighted by Gasteiger charge is -2.29. The number of hydrogen-bond donors (Lipinski definition) is 3. The van der Waals surface area contributed by atoms with E-state index < -0.39 is 6.04 Å². The molecule has 2 aromatic carbocycles. The average molecular weight is 349 g/mol. The van der Waals surface area contributed by atoms with Gasteiger partial charge in [-0.25, -0.2) is 4.79 Å². The number of allylic oxidation sites excluding steroid dienone is 1. The highest BCUT2D eigenvalue weighted by molar-refractivity contribution is 6.06. The number of hydrogen-bond acceptors (Lipinski definition) is 2. The Morgan fingerprint density at radius 2 is 1.65 bits per heavy atom. The van der Waals surface area contributed by atoms with Gasteiger partial charge in [0, 0.05) is 11.4 Å². The number of amides is 3. The van der Waals surface area contributed by atoms with Crippen LogP contribution in [-0.4, -0.2) is 11.9 Å². The highest BCUT2D eigenvalue weighted by Gasteiger charge is 2.31. The van der Waals surface area contributed by atoms with Crippen molar-refractivity contribution >= 4 is 17.6 Å². The molecule has 1 aliphatic heterocycles. The van der Waals surface area contributed by atoms with Gasteiger partial charge < -0.3 is 16.0 Å². The summed E-state index contributed by atoms with van der Waals surface area (Å²) in [6, 6.07) is 12.9. The topological polar surface area (TPSA) is 70.2 Å². The Kier molecular flexibility index (Phi) is 4.80. The average Bonchev–Trinajstić information content (AvgIpc) is 2.53. The predicted octanol–water partition coefficient (Wildman–Crippen LogP) is 3.88. The third-order valence-electron chi connectivity index (χ3n) is 4.49. The van der Waals surface area contributed by atoms with E-state index in [0.29, 0.717) is 11.3 Å². The van der Waals surface area contributed by atoms with Gasteiger partial charge in [0.15, 0.2) is 0 Å². The van der Waals surface area contributed by atoms with Crippen molar-refractivity contribution in [3.8, 4) is 0 Å². The summed E-state index contributed by atoms with van der Waals surface area (Å²) < 4.78 is 0. The number of nitrogens with one attached hydrogen (secondary N) is 3. The normalized spacial score (nSPS) is 16.8. The molecule has 2 aromatic rings. The fourth-order valence-electron chi connectivity index (χ4n) is 3.38. The van der Waals surface area contributed by atoms with Crippen LogP contribution in [-0.2, 0) is 4.79 Å². The van der Waals surface area contributed by atoms with Gasteiger partial charge in [-0.3, -0.25) is 4.79 Å². The lowest BCUT2D eigenvalue weighted by molar-refractivity contribution is -0.113. The molecule has 0 saturated carbocycles. The molecule has 0 aliphatic carbocycles. The molecule has 26 heavy (non-hydrogen) atoms. The molecule has 0 radical (unpaired) electrons. The Morgan fingerprint density at radius 1 is 1.00 bits per heavy atom. The van der Waals surface area contributed by atoms with Crippen LogP contribution in [0.25, 0.3) is 0 Å². The number of benzene rings is 2. The molecule has 1 aliphatic rings. The zero-order valence-electron chi connectivity index (χ0n) is 15.4. The fraction of sp³-hybridized carbons (Fsp3) is 0.238. The first-order chi connectivity index (χ1) is 12.3. The van der Waals surface area contributed by atoms with Crippen LogP contribution in [0, 0.1) is 20.8 Å². The van der Waals surface area contributed by atoms with Gasteiger partial charge in [0.05, 0.1) is 11.6 Å². The van der Waals surface area contributed by atoms with E-state index in [-0.39, 0.29) is 11.9 Å². The van der Waals surface area contributed by atoms with Gasteiger partial charge in [-0.1, -0.05) is 30.3 Å². The second kappa shape index (κ2) is 7.04. The molecule has 1 atom stereocenters. The van der Waals surface area contributed by atoms with Crippen LogP contribution >= 0.6 is 0 Å². The monoisotopic (exact) mass is 349 g/mol. The van der Waals surface area contributed by atoms with Crippen LogP contribution in [0.4, 0.5) is 10.5 Å². The van der Waals surface area contributed by atoms with E-state index in [2.05, 4.69) is 22.0 Å². The molecule has 0 fully saturated rings. The lowest BCUT2D eigenvalue weighted by Crippen LogP contribution is -2.46. The maximum atomic E-state index is 13.0. The molecule has 0 unspecified atom stereocenters. The lowest BCUT2D eigenvalue weighted by atomic mass is 9.92. The van der Waals surface area contributed by atoms with Crippen molar-refractivity contribution < 1.29 is 9.59 Å². The largest absolute Gasteiger partial charge is 0.327 e. The van der Waals surface area contributed by atoms with Crippen LogP contribution in [0.3, 0.4) is 0 Å². The second-order valence-electron chi connectivity index (χ2n) is 6.76. The first-order valence-corrected chi connectivity index (χ1v) is 8.58. The van der Waals surface area contributed by atoms with Gasteiger partial charge in [0.25, 0.3) is 5.91 Å². The third-order valence-corrected chi connectivity index (χ3v) is 4.49. The number of carbonyl (C=O) groups is 2. The van der Waals surface area contributed by atoms with Crippen LogP contribution < -0.4 is 16.0 Å². The van der Waals surface area contributed by atoms with Crippen LogP contribution in [0.1, 0.15) is 35.2 Å². The van der Waals surface area contributed by atoms with Gasteiger partial charge in [-0.05, 0) is 62.1 Å². The van der Waals surface area contributed by atoms with Crippen molar-refractivity contribution in [1.29, 1.82) is 0 Å². The van der Waals surface area contributed by atoms with Crippen molar-refractivity contribution in [3.63, 3.8) is 0 Å². The second-order valence-corrected chi connectivity index (χ2v) is 6.76. The van der Waals surface area contributed by atoms with E-state index in [1.807, 2.05) is 57.2 Å². The third kappa shape index (κ3) is 3.61. The van der Waals surface area contributed by atoms with Gasteiger partial charge in [0.2, 0.25) is 0 Å². The summed E-state index contributed by atoms with van der Waals surface area (Å²) in [7, 11) is 0. The minimum Gasteiger partial charge on any atom is -0.327 e. The Balaban J connectivity index is 1.98. The van der Waals surface area contributed by atoms with E-state index in [1.165, 1.54) is 0 Å². The highest BCUT2D eigenvalue weighted by atomic mass is 16.2. The van der Waals surface area contributed by atoms with E-state index in [4.69, 9.17) is 0 Å². The molecule has 134 valence electrons.